The summed E-state index contributed by atoms with van der Waals surface area (Å²) in [6, 6.07) is 0. The number of hydrogen-bond donors (Lipinski definition) is 1. The van der Waals surface area contributed by atoms with Crippen molar-refractivity contribution in [3.05, 3.63) is 11.8 Å². The Bertz CT molecular complexity index is 414. The van der Waals surface area contributed by atoms with Crippen LogP contribution in [0.25, 0.3) is 0 Å². The van der Waals surface area contributed by atoms with Gasteiger partial charge in [0.15, 0.2) is 0 Å². The molecule has 0 aliphatic heterocycles. The average molecular weight is 270 g/mol. The predicted octanol–water partition coefficient (Wildman–Crippen LogP) is 2.22. The molecule has 1 aliphatic rings. The monoisotopic (exact) mass is 270 g/mol. The van der Waals surface area contributed by atoms with Crippen LogP contribution in [0.3, 0.4) is 0 Å². The Hall–Kier alpha value is -1.52. The van der Waals surface area contributed by atoms with Gasteiger partial charge in [0.1, 0.15) is 5.60 Å². The van der Waals surface area contributed by atoms with Gasteiger partial charge in [0.05, 0.1) is 13.0 Å². The predicted molar refractivity (Wildman–Crippen MR) is 69.3 cm³/mol. The van der Waals surface area contributed by atoms with E-state index in [0.29, 0.717) is 0 Å². The van der Waals surface area contributed by atoms with Gasteiger partial charge in [-0.05, 0) is 32.3 Å². The van der Waals surface area contributed by atoms with Gasteiger partial charge in [0.2, 0.25) is 5.76 Å². The molecule has 19 heavy (non-hydrogen) atoms. The normalized spacial score (nSPS) is 25.7. The summed E-state index contributed by atoms with van der Waals surface area (Å²) in [5.41, 5.74) is -0.913. The molecule has 5 heteroatoms. The van der Waals surface area contributed by atoms with Crippen LogP contribution in [0, 0.1) is 17.3 Å². The zero-order valence-corrected chi connectivity index (χ0v) is 12.3. The smallest absolute Gasteiger partial charge is 0.373 e. The number of allylic oxidation sites excluding steroid dienone is 1. The van der Waals surface area contributed by atoms with Crippen LogP contribution >= 0.6 is 0 Å². The van der Waals surface area contributed by atoms with Crippen molar-refractivity contribution in [3.8, 4) is 0 Å². The van der Waals surface area contributed by atoms with E-state index in [4.69, 9.17) is 9.84 Å². The van der Waals surface area contributed by atoms with Crippen molar-refractivity contribution < 1.29 is 24.2 Å². The molecule has 0 aromatic heterocycles. The van der Waals surface area contributed by atoms with Gasteiger partial charge < -0.3 is 14.6 Å². The van der Waals surface area contributed by atoms with Crippen LogP contribution in [-0.2, 0) is 19.1 Å². The van der Waals surface area contributed by atoms with Gasteiger partial charge in [0, 0.05) is 5.92 Å². The number of carbonyl (C=O) groups is 2. The van der Waals surface area contributed by atoms with E-state index < -0.39 is 23.5 Å². The molecule has 1 N–H and O–H groups in total. The first-order chi connectivity index (χ1) is 8.50. The lowest BCUT2D eigenvalue weighted by Gasteiger charge is -2.22. The molecule has 0 bridgehead atoms. The third kappa shape index (κ3) is 3.49. The lowest BCUT2D eigenvalue weighted by Crippen LogP contribution is -2.23. The molecule has 0 spiro atoms. The molecule has 0 unspecified atom stereocenters. The molecular formula is C14H22O5. The maximum Gasteiger partial charge on any atom is 0.373 e. The van der Waals surface area contributed by atoms with Crippen LogP contribution in [0.1, 0.15) is 34.6 Å². The molecule has 0 aromatic carbocycles. The zero-order chi connectivity index (χ0) is 15.0. The van der Waals surface area contributed by atoms with Crippen molar-refractivity contribution >= 4 is 11.9 Å². The number of ether oxygens (including phenoxy) is 2. The van der Waals surface area contributed by atoms with E-state index in [0.717, 1.165) is 0 Å². The summed E-state index contributed by atoms with van der Waals surface area (Å²) >= 11 is 0. The number of esters is 1. The molecule has 0 aromatic rings. The standard InChI is InChI=1S/C14H22O5/c1-13(2,3)19-9(12(17)18-6)7-8-10(11(15)16)14(8,4)5/h7-8,10H,1-6H3,(H,15,16)/t8-,10+/m1/s1. The second-order valence-corrected chi connectivity index (χ2v) is 6.40. The Morgan fingerprint density at radius 1 is 1.26 bits per heavy atom. The molecular weight excluding hydrogens is 248 g/mol. The highest BCUT2D eigenvalue weighted by molar-refractivity contribution is 5.87. The number of carbonyl (C=O) groups excluding carboxylic acids is 1. The fourth-order valence-electron chi connectivity index (χ4n) is 2.20. The van der Waals surface area contributed by atoms with Crippen LogP contribution in [0.2, 0.25) is 0 Å². The quantitative estimate of drug-likeness (QED) is 0.481. The number of carboxylic acid groups (broad SMARTS) is 1. The lowest BCUT2D eigenvalue weighted by atomic mass is 10.1. The van der Waals surface area contributed by atoms with E-state index in [1.54, 1.807) is 6.08 Å². The lowest BCUT2D eigenvalue weighted by molar-refractivity contribution is -0.143. The van der Waals surface area contributed by atoms with E-state index in [1.807, 2.05) is 34.6 Å². The number of hydrogen-bond acceptors (Lipinski definition) is 4. The van der Waals surface area contributed by atoms with Gasteiger partial charge in [-0.3, -0.25) is 4.79 Å². The molecule has 5 nitrogen and oxygen atoms in total. The third-order valence-corrected chi connectivity index (χ3v) is 3.31. The average Bonchev–Trinajstić information content (AvgIpc) is 2.76. The highest BCUT2D eigenvalue weighted by Gasteiger charge is 2.61. The maximum atomic E-state index is 11.7. The minimum atomic E-state index is -0.855. The van der Waals surface area contributed by atoms with Crippen LogP contribution in [0.4, 0.5) is 0 Å². The van der Waals surface area contributed by atoms with E-state index >= 15 is 0 Å². The molecule has 2 atom stereocenters. The first-order valence-corrected chi connectivity index (χ1v) is 6.22. The molecule has 1 saturated carbocycles. The van der Waals surface area contributed by atoms with Gasteiger partial charge in [-0.1, -0.05) is 13.8 Å². The molecule has 108 valence electrons. The van der Waals surface area contributed by atoms with Crippen molar-refractivity contribution in [1.82, 2.24) is 0 Å². The highest BCUT2D eigenvalue weighted by Crippen LogP contribution is 2.59. The van der Waals surface area contributed by atoms with Crippen molar-refractivity contribution in [1.29, 1.82) is 0 Å². The Kier molecular flexibility index (Phi) is 3.98. The van der Waals surface area contributed by atoms with E-state index in [9.17, 15) is 9.59 Å². The molecule has 0 radical (unpaired) electrons. The summed E-state index contributed by atoms with van der Waals surface area (Å²) < 4.78 is 10.2. The van der Waals surface area contributed by atoms with E-state index in [2.05, 4.69) is 4.74 Å². The Labute approximate surface area is 113 Å². The highest BCUT2D eigenvalue weighted by atomic mass is 16.6. The Morgan fingerprint density at radius 2 is 1.79 bits per heavy atom. The summed E-state index contributed by atoms with van der Waals surface area (Å²) in [6.45, 7) is 9.17. The SMILES string of the molecule is COC(=O)C(=C[C@@H]1[C@@H](C(=O)O)C1(C)C)OC(C)(C)C. The third-order valence-electron chi connectivity index (χ3n) is 3.31. The van der Waals surface area contributed by atoms with Crippen molar-refractivity contribution in [3.63, 3.8) is 0 Å². The summed E-state index contributed by atoms with van der Waals surface area (Å²) in [4.78, 5) is 22.8. The fourth-order valence-corrected chi connectivity index (χ4v) is 2.20. The Morgan fingerprint density at radius 3 is 2.11 bits per heavy atom. The number of methoxy groups -OCH3 is 1. The van der Waals surface area contributed by atoms with Crippen LogP contribution in [0.5, 0.6) is 0 Å². The molecule has 1 rings (SSSR count). The first kappa shape index (κ1) is 15.5. The summed E-state index contributed by atoms with van der Waals surface area (Å²) in [7, 11) is 1.27. The van der Waals surface area contributed by atoms with Gasteiger partial charge in [0.25, 0.3) is 0 Å². The van der Waals surface area contributed by atoms with Crippen LogP contribution < -0.4 is 0 Å². The van der Waals surface area contributed by atoms with Crippen LogP contribution in [-0.4, -0.2) is 29.8 Å². The second kappa shape index (κ2) is 4.87. The maximum absolute atomic E-state index is 11.7. The zero-order valence-electron chi connectivity index (χ0n) is 12.3. The topological polar surface area (TPSA) is 72.8 Å². The molecule has 1 fully saturated rings. The first-order valence-electron chi connectivity index (χ1n) is 6.22. The van der Waals surface area contributed by atoms with Crippen LogP contribution in [0.15, 0.2) is 11.8 Å². The minimum absolute atomic E-state index is 0.0804. The number of aliphatic carboxylic acids is 1. The van der Waals surface area contributed by atoms with Crippen molar-refractivity contribution in [2.45, 2.75) is 40.2 Å². The van der Waals surface area contributed by atoms with E-state index in [1.165, 1.54) is 7.11 Å². The minimum Gasteiger partial charge on any atom is -0.481 e. The molecule has 1 aliphatic carbocycles. The van der Waals surface area contributed by atoms with E-state index in [-0.39, 0.29) is 17.1 Å². The van der Waals surface area contributed by atoms with Gasteiger partial charge in [-0.2, -0.15) is 0 Å². The summed E-state index contributed by atoms with van der Waals surface area (Å²) in [5, 5.41) is 9.11. The Balaban J connectivity index is 2.97. The summed E-state index contributed by atoms with van der Waals surface area (Å²) in [5.74, 6) is -2.07. The van der Waals surface area contributed by atoms with Gasteiger partial charge >= 0.3 is 11.9 Å². The number of carboxylic acids is 1. The largest absolute Gasteiger partial charge is 0.481 e. The number of rotatable bonds is 4. The molecule has 0 amide bonds. The van der Waals surface area contributed by atoms with Crippen molar-refractivity contribution in [2.75, 3.05) is 7.11 Å². The molecule has 0 heterocycles. The second-order valence-electron chi connectivity index (χ2n) is 6.40. The summed E-state index contributed by atoms with van der Waals surface area (Å²) in [6.07, 6.45) is 1.58. The molecule has 0 saturated heterocycles. The fraction of sp³-hybridized carbons (Fsp3) is 0.714. The van der Waals surface area contributed by atoms with Gasteiger partial charge in [-0.15, -0.1) is 0 Å². The van der Waals surface area contributed by atoms with Crippen molar-refractivity contribution in [2.24, 2.45) is 17.3 Å². The van der Waals surface area contributed by atoms with Gasteiger partial charge in [-0.25, -0.2) is 4.79 Å².